The summed E-state index contributed by atoms with van der Waals surface area (Å²) in [5.41, 5.74) is 2.55. The van der Waals surface area contributed by atoms with E-state index in [9.17, 15) is 4.79 Å². The minimum absolute atomic E-state index is 0.205. The van der Waals surface area contributed by atoms with E-state index in [1.807, 2.05) is 39.8 Å². The Bertz CT molecular complexity index is 881. The van der Waals surface area contributed by atoms with Crippen molar-refractivity contribution in [2.75, 3.05) is 13.1 Å². The molecule has 3 aromatic rings. The van der Waals surface area contributed by atoms with Crippen LogP contribution in [0.25, 0.3) is 0 Å². The highest BCUT2D eigenvalue weighted by atomic mass is 16.2. The molecule has 1 saturated heterocycles. The molecule has 1 aliphatic heterocycles. The molecule has 1 fully saturated rings. The van der Waals surface area contributed by atoms with Gasteiger partial charge in [0.05, 0.1) is 18.8 Å². The second-order valence-corrected chi connectivity index (χ2v) is 6.72. The van der Waals surface area contributed by atoms with E-state index in [0.29, 0.717) is 24.8 Å². The molecule has 0 spiro atoms. The maximum atomic E-state index is 12.5. The maximum absolute atomic E-state index is 12.5. The molecule has 8 nitrogen and oxygen atoms in total. The summed E-state index contributed by atoms with van der Waals surface area (Å²) >= 11 is 0. The topological polar surface area (TPSA) is 89.7 Å². The molecule has 0 bridgehead atoms. The lowest BCUT2D eigenvalue weighted by atomic mass is 10.1. The van der Waals surface area contributed by atoms with Crippen LogP contribution in [0.4, 0.5) is 0 Å². The summed E-state index contributed by atoms with van der Waals surface area (Å²) in [6.45, 7) is 3.06. The second kappa shape index (κ2) is 8.13. The predicted molar refractivity (Wildman–Crippen MR) is 100 cm³/mol. The standard InChI is InChI=1S/C19H23N7O/c27-19(18-14-26(24-23-18)17-6-9-20-10-7-17)21-12-15-4-1-2-5-16(15)13-25-11-3-8-22-25/h1-5,8,11,14,17,20H,6-7,9-10,12-13H2,(H,21,27). The largest absolute Gasteiger partial charge is 0.347 e. The lowest BCUT2D eigenvalue weighted by molar-refractivity contribution is 0.0945. The van der Waals surface area contributed by atoms with Crippen molar-refractivity contribution in [3.63, 3.8) is 0 Å². The Balaban J connectivity index is 1.39. The lowest BCUT2D eigenvalue weighted by Crippen LogP contribution is -2.29. The van der Waals surface area contributed by atoms with Gasteiger partial charge in [-0.05, 0) is 43.1 Å². The fourth-order valence-electron chi connectivity index (χ4n) is 3.35. The van der Waals surface area contributed by atoms with Crippen LogP contribution in [0.2, 0.25) is 0 Å². The molecule has 0 saturated carbocycles. The summed E-state index contributed by atoms with van der Waals surface area (Å²) in [5, 5.41) is 18.7. The zero-order chi connectivity index (χ0) is 18.5. The highest BCUT2D eigenvalue weighted by molar-refractivity contribution is 5.91. The molecule has 2 N–H and O–H groups in total. The molecule has 0 atom stereocenters. The third-order valence-corrected chi connectivity index (χ3v) is 4.88. The highest BCUT2D eigenvalue weighted by Crippen LogP contribution is 2.17. The smallest absolute Gasteiger partial charge is 0.273 e. The Kier molecular flexibility index (Phi) is 5.24. The van der Waals surface area contributed by atoms with Gasteiger partial charge in [0.25, 0.3) is 5.91 Å². The Hall–Kier alpha value is -3.00. The van der Waals surface area contributed by atoms with Crippen molar-refractivity contribution in [2.45, 2.75) is 32.0 Å². The normalized spacial score (nSPS) is 15.0. The van der Waals surface area contributed by atoms with Gasteiger partial charge in [-0.1, -0.05) is 29.5 Å². The second-order valence-electron chi connectivity index (χ2n) is 6.72. The number of nitrogens with zero attached hydrogens (tertiary/aromatic N) is 5. The van der Waals surface area contributed by atoms with E-state index in [1.54, 1.807) is 12.4 Å². The summed E-state index contributed by atoms with van der Waals surface area (Å²) in [5.74, 6) is -0.205. The van der Waals surface area contributed by atoms with Gasteiger partial charge in [-0.2, -0.15) is 5.10 Å². The Morgan fingerprint density at radius 1 is 1.19 bits per heavy atom. The van der Waals surface area contributed by atoms with E-state index in [2.05, 4.69) is 32.1 Å². The molecular formula is C19H23N7O. The van der Waals surface area contributed by atoms with E-state index < -0.39 is 0 Å². The number of benzene rings is 1. The van der Waals surface area contributed by atoms with Gasteiger partial charge in [-0.25, -0.2) is 4.68 Å². The Morgan fingerprint density at radius 3 is 2.78 bits per heavy atom. The predicted octanol–water partition coefficient (Wildman–Crippen LogP) is 1.38. The van der Waals surface area contributed by atoms with Crippen molar-refractivity contribution in [1.29, 1.82) is 0 Å². The number of rotatable bonds is 6. The third-order valence-electron chi connectivity index (χ3n) is 4.88. The first-order valence-corrected chi connectivity index (χ1v) is 9.24. The summed E-state index contributed by atoms with van der Waals surface area (Å²) in [6.07, 6.45) is 7.45. The van der Waals surface area contributed by atoms with Gasteiger partial charge in [0.2, 0.25) is 0 Å². The van der Waals surface area contributed by atoms with Crippen molar-refractivity contribution in [3.8, 4) is 0 Å². The van der Waals surface area contributed by atoms with Crippen molar-refractivity contribution >= 4 is 5.91 Å². The van der Waals surface area contributed by atoms with E-state index in [1.165, 1.54) is 0 Å². The first kappa shape index (κ1) is 17.4. The van der Waals surface area contributed by atoms with Gasteiger partial charge < -0.3 is 10.6 Å². The van der Waals surface area contributed by atoms with Crippen LogP contribution >= 0.6 is 0 Å². The average molecular weight is 365 g/mol. The summed E-state index contributed by atoms with van der Waals surface area (Å²) in [7, 11) is 0. The van der Waals surface area contributed by atoms with Crippen LogP contribution in [-0.2, 0) is 13.1 Å². The van der Waals surface area contributed by atoms with Gasteiger partial charge in [-0.15, -0.1) is 5.10 Å². The number of hydrogen-bond donors (Lipinski definition) is 2. The number of aromatic nitrogens is 5. The average Bonchev–Trinajstić information content (AvgIpc) is 3.40. The number of carbonyl (C=O) groups is 1. The molecule has 1 aromatic carbocycles. The monoisotopic (exact) mass is 365 g/mol. The fourth-order valence-corrected chi connectivity index (χ4v) is 3.35. The molecule has 27 heavy (non-hydrogen) atoms. The van der Waals surface area contributed by atoms with Gasteiger partial charge in [0.1, 0.15) is 0 Å². The number of hydrogen-bond acceptors (Lipinski definition) is 5. The molecule has 1 amide bonds. The molecule has 0 radical (unpaired) electrons. The Morgan fingerprint density at radius 2 is 2.00 bits per heavy atom. The highest BCUT2D eigenvalue weighted by Gasteiger charge is 2.18. The molecular weight excluding hydrogens is 342 g/mol. The first-order chi connectivity index (χ1) is 13.3. The SMILES string of the molecule is O=C(NCc1ccccc1Cn1cccn1)c1cn(C2CCNCC2)nn1. The minimum atomic E-state index is -0.205. The van der Waals surface area contributed by atoms with Crippen LogP contribution in [0.3, 0.4) is 0 Å². The molecule has 4 rings (SSSR count). The van der Waals surface area contributed by atoms with Crippen LogP contribution in [0.1, 0.15) is 40.5 Å². The van der Waals surface area contributed by atoms with Crippen molar-refractivity contribution in [2.24, 2.45) is 0 Å². The fraction of sp³-hybridized carbons (Fsp3) is 0.368. The summed E-state index contributed by atoms with van der Waals surface area (Å²) in [4.78, 5) is 12.5. The number of carbonyl (C=O) groups excluding carboxylic acids is 1. The van der Waals surface area contributed by atoms with E-state index in [4.69, 9.17) is 0 Å². The zero-order valence-electron chi connectivity index (χ0n) is 15.1. The number of amides is 1. The molecule has 0 aliphatic carbocycles. The third kappa shape index (κ3) is 4.22. The van der Waals surface area contributed by atoms with Gasteiger partial charge in [0, 0.05) is 18.9 Å². The van der Waals surface area contributed by atoms with Gasteiger partial charge >= 0.3 is 0 Å². The molecule has 1 aliphatic rings. The number of nitrogens with one attached hydrogen (secondary N) is 2. The Labute approximate surface area is 157 Å². The van der Waals surface area contributed by atoms with Crippen molar-refractivity contribution in [3.05, 3.63) is 65.7 Å². The van der Waals surface area contributed by atoms with E-state index >= 15 is 0 Å². The zero-order valence-corrected chi connectivity index (χ0v) is 15.1. The maximum Gasteiger partial charge on any atom is 0.273 e. The molecule has 140 valence electrons. The quantitative estimate of drug-likeness (QED) is 0.689. The van der Waals surface area contributed by atoms with Crippen molar-refractivity contribution in [1.82, 2.24) is 35.4 Å². The van der Waals surface area contributed by atoms with Crippen LogP contribution in [0.15, 0.2) is 48.9 Å². The summed E-state index contributed by atoms with van der Waals surface area (Å²) in [6, 6.07) is 10.3. The molecule has 8 heteroatoms. The van der Waals surface area contributed by atoms with Crippen molar-refractivity contribution < 1.29 is 4.79 Å². The first-order valence-electron chi connectivity index (χ1n) is 9.24. The molecule has 2 aromatic heterocycles. The number of piperidine rings is 1. The van der Waals surface area contributed by atoms with Crippen LogP contribution in [0, 0.1) is 0 Å². The van der Waals surface area contributed by atoms with Gasteiger partial charge in [0.15, 0.2) is 5.69 Å². The molecule has 0 unspecified atom stereocenters. The van der Waals surface area contributed by atoms with Crippen LogP contribution < -0.4 is 10.6 Å². The van der Waals surface area contributed by atoms with E-state index in [-0.39, 0.29) is 5.91 Å². The molecule has 3 heterocycles. The van der Waals surface area contributed by atoms with Gasteiger partial charge in [-0.3, -0.25) is 9.48 Å². The minimum Gasteiger partial charge on any atom is -0.347 e. The summed E-state index contributed by atoms with van der Waals surface area (Å²) < 4.78 is 3.69. The van der Waals surface area contributed by atoms with E-state index in [0.717, 1.165) is 37.1 Å². The van der Waals surface area contributed by atoms with Crippen LogP contribution in [-0.4, -0.2) is 43.8 Å². The lowest BCUT2D eigenvalue weighted by Gasteiger charge is -2.22. The van der Waals surface area contributed by atoms with Crippen LogP contribution in [0.5, 0.6) is 0 Å².